The number of hydrogen-bond acceptors (Lipinski definition) is 8. The van der Waals surface area contributed by atoms with Gasteiger partial charge in [-0.2, -0.15) is 0 Å². The Balaban J connectivity index is 1.21. The molecule has 200 valence electrons. The van der Waals surface area contributed by atoms with Crippen molar-refractivity contribution in [2.75, 3.05) is 51.7 Å². The number of aromatic nitrogens is 4. The molecule has 2 fully saturated rings. The number of nitrogens with zero attached hydrogens (tertiary/aromatic N) is 6. The average Bonchev–Trinajstić information content (AvgIpc) is 3.22. The molecule has 11 heteroatoms. The van der Waals surface area contributed by atoms with Gasteiger partial charge in [-0.05, 0) is 36.4 Å². The number of imidazole rings is 1. The predicted octanol–water partition coefficient (Wildman–Crippen LogP) is 2.23. The molecule has 39 heavy (non-hydrogen) atoms. The molecule has 0 atom stereocenters. The van der Waals surface area contributed by atoms with E-state index in [1.165, 1.54) is 10.9 Å². The number of fused-ring (bicyclic) bond motifs is 1. The largest absolute Gasteiger partial charge is 0.457 e. The highest BCUT2D eigenvalue weighted by molar-refractivity contribution is 5.88. The topological polar surface area (TPSA) is 121 Å². The van der Waals surface area contributed by atoms with Crippen molar-refractivity contribution < 1.29 is 14.3 Å². The fourth-order valence-corrected chi connectivity index (χ4v) is 4.91. The van der Waals surface area contributed by atoms with Crippen LogP contribution in [-0.4, -0.2) is 80.7 Å². The Kier molecular flexibility index (Phi) is 6.82. The number of nitrogens with two attached hydrogens (primary N) is 1. The number of carbonyl (C=O) groups is 1. The van der Waals surface area contributed by atoms with Crippen molar-refractivity contribution in [3.05, 3.63) is 83.6 Å². The number of amides is 1. The minimum absolute atomic E-state index is 0.0700. The summed E-state index contributed by atoms with van der Waals surface area (Å²) in [5.74, 6) is 1.50. The molecular weight excluding hydrogens is 498 g/mol. The van der Waals surface area contributed by atoms with Crippen molar-refractivity contribution in [1.82, 2.24) is 28.9 Å². The van der Waals surface area contributed by atoms with Crippen molar-refractivity contribution in [3.8, 4) is 17.2 Å². The van der Waals surface area contributed by atoms with Gasteiger partial charge in [0.15, 0.2) is 11.5 Å². The summed E-state index contributed by atoms with van der Waals surface area (Å²) in [6, 6.07) is 16.4. The van der Waals surface area contributed by atoms with E-state index >= 15 is 0 Å². The van der Waals surface area contributed by atoms with E-state index in [0.29, 0.717) is 42.2 Å². The number of morpholine rings is 1. The van der Waals surface area contributed by atoms with Gasteiger partial charge in [-0.3, -0.25) is 18.8 Å². The van der Waals surface area contributed by atoms with Crippen molar-refractivity contribution >= 4 is 22.9 Å². The normalized spacial score (nSPS) is 16.6. The fourth-order valence-electron chi connectivity index (χ4n) is 4.91. The molecule has 2 saturated heterocycles. The van der Waals surface area contributed by atoms with E-state index < -0.39 is 0 Å². The number of carbonyl (C=O) groups excluding carboxylic acids is 1. The lowest BCUT2D eigenvalue weighted by Gasteiger charge is -2.38. The standard InChI is InChI=1S/C28H29N7O4/c29-26-25-27(31-19-30-26)35(21-17-33(18-21)24(36)7-4-12-32-13-15-38-16-14-32)28(37)34(25)20-8-10-23(11-9-20)39-22-5-2-1-3-6-22/h1-11,19,21H,12-18H2,(H2,29,30,31)/b7-4+. The summed E-state index contributed by atoms with van der Waals surface area (Å²) in [5.41, 5.74) is 7.44. The molecule has 0 radical (unpaired) electrons. The first-order valence-electron chi connectivity index (χ1n) is 12.9. The Morgan fingerprint density at radius 2 is 1.74 bits per heavy atom. The third kappa shape index (κ3) is 5.01. The van der Waals surface area contributed by atoms with E-state index in [0.717, 1.165) is 32.1 Å². The maximum absolute atomic E-state index is 13.7. The molecule has 1 amide bonds. The summed E-state index contributed by atoms with van der Waals surface area (Å²) < 4.78 is 14.4. The highest BCUT2D eigenvalue weighted by atomic mass is 16.5. The van der Waals surface area contributed by atoms with E-state index in [1.807, 2.05) is 36.4 Å². The maximum atomic E-state index is 13.7. The van der Waals surface area contributed by atoms with Crippen LogP contribution in [0.3, 0.4) is 0 Å². The number of nitrogen functional groups attached to an aromatic ring is 1. The smallest absolute Gasteiger partial charge is 0.335 e. The first-order valence-corrected chi connectivity index (χ1v) is 12.9. The molecule has 11 nitrogen and oxygen atoms in total. The number of ether oxygens (including phenoxy) is 2. The monoisotopic (exact) mass is 527 g/mol. The molecule has 4 aromatic rings. The fraction of sp³-hybridized carbons (Fsp3) is 0.286. The Morgan fingerprint density at radius 1 is 1.03 bits per heavy atom. The molecule has 0 unspecified atom stereocenters. The van der Waals surface area contributed by atoms with E-state index in [4.69, 9.17) is 15.2 Å². The van der Waals surface area contributed by atoms with Gasteiger partial charge in [0.1, 0.15) is 23.3 Å². The predicted molar refractivity (Wildman–Crippen MR) is 146 cm³/mol. The van der Waals surface area contributed by atoms with Gasteiger partial charge in [0.25, 0.3) is 0 Å². The lowest BCUT2D eigenvalue weighted by Crippen LogP contribution is -2.52. The second-order valence-corrected chi connectivity index (χ2v) is 9.54. The van der Waals surface area contributed by atoms with Gasteiger partial charge in [-0.15, -0.1) is 0 Å². The van der Waals surface area contributed by atoms with E-state index in [-0.39, 0.29) is 23.5 Å². The van der Waals surface area contributed by atoms with Gasteiger partial charge < -0.3 is 20.1 Å². The number of rotatable bonds is 7. The van der Waals surface area contributed by atoms with Crippen LogP contribution >= 0.6 is 0 Å². The molecular formula is C28H29N7O4. The number of hydrogen-bond donors (Lipinski definition) is 1. The summed E-state index contributed by atoms with van der Waals surface area (Å²) >= 11 is 0. The minimum Gasteiger partial charge on any atom is -0.457 e. The molecule has 0 saturated carbocycles. The second-order valence-electron chi connectivity index (χ2n) is 9.54. The quantitative estimate of drug-likeness (QED) is 0.363. The van der Waals surface area contributed by atoms with Gasteiger partial charge in [-0.25, -0.2) is 14.8 Å². The van der Waals surface area contributed by atoms with Gasteiger partial charge in [-0.1, -0.05) is 24.3 Å². The Labute approximate surface area is 224 Å². The molecule has 2 N–H and O–H groups in total. The zero-order valence-corrected chi connectivity index (χ0v) is 21.3. The SMILES string of the molecule is Nc1ncnc2c1n(-c1ccc(Oc3ccccc3)cc1)c(=O)n2C1CN(C(=O)/C=C/CN2CCOCC2)C1. The maximum Gasteiger partial charge on any atom is 0.335 e. The van der Waals surface area contributed by atoms with Gasteiger partial charge in [0.05, 0.1) is 24.9 Å². The Hall–Kier alpha value is -4.48. The van der Waals surface area contributed by atoms with Gasteiger partial charge >= 0.3 is 5.69 Å². The Morgan fingerprint density at radius 3 is 2.49 bits per heavy atom. The molecule has 2 aliphatic rings. The van der Waals surface area contributed by atoms with Crippen LogP contribution in [0, 0.1) is 0 Å². The number of para-hydroxylation sites is 1. The molecule has 6 rings (SSSR count). The van der Waals surface area contributed by atoms with E-state index in [2.05, 4.69) is 14.9 Å². The zero-order chi connectivity index (χ0) is 26.8. The van der Waals surface area contributed by atoms with Crippen LogP contribution in [-0.2, 0) is 9.53 Å². The summed E-state index contributed by atoms with van der Waals surface area (Å²) in [4.78, 5) is 38.9. The van der Waals surface area contributed by atoms with Crippen LogP contribution < -0.4 is 16.2 Å². The second kappa shape index (κ2) is 10.7. The third-order valence-electron chi connectivity index (χ3n) is 7.02. The van der Waals surface area contributed by atoms with Crippen molar-refractivity contribution in [2.24, 2.45) is 0 Å². The summed E-state index contributed by atoms with van der Waals surface area (Å²) in [7, 11) is 0. The average molecular weight is 528 g/mol. The van der Waals surface area contributed by atoms with Crippen LogP contribution in [0.25, 0.3) is 16.9 Å². The van der Waals surface area contributed by atoms with Crippen molar-refractivity contribution in [3.63, 3.8) is 0 Å². The van der Waals surface area contributed by atoms with E-state index in [1.54, 1.807) is 39.8 Å². The highest BCUT2D eigenvalue weighted by Crippen LogP contribution is 2.28. The van der Waals surface area contributed by atoms with Gasteiger partial charge in [0.2, 0.25) is 5.91 Å². The first-order chi connectivity index (χ1) is 19.1. The molecule has 0 spiro atoms. The van der Waals surface area contributed by atoms with Crippen molar-refractivity contribution in [1.29, 1.82) is 0 Å². The van der Waals surface area contributed by atoms with Crippen LogP contribution in [0.5, 0.6) is 11.5 Å². The summed E-state index contributed by atoms with van der Waals surface area (Å²) in [5, 5.41) is 0. The lowest BCUT2D eigenvalue weighted by molar-refractivity contribution is -0.131. The van der Waals surface area contributed by atoms with Crippen LogP contribution in [0.2, 0.25) is 0 Å². The lowest BCUT2D eigenvalue weighted by atomic mass is 10.1. The first kappa shape index (κ1) is 24.8. The summed E-state index contributed by atoms with van der Waals surface area (Å²) in [6.45, 7) is 4.71. The summed E-state index contributed by atoms with van der Waals surface area (Å²) in [6.07, 6.45) is 4.85. The molecule has 2 aromatic carbocycles. The van der Waals surface area contributed by atoms with Crippen LogP contribution in [0.1, 0.15) is 6.04 Å². The van der Waals surface area contributed by atoms with Gasteiger partial charge in [0, 0.05) is 38.8 Å². The number of anilines is 1. The molecule has 4 heterocycles. The third-order valence-corrected chi connectivity index (χ3v) is 7.02. The van der Waals surface area contributed by atoms with Crippen LogP contribution in [0.15, 0.2) is 77.9 Å². The van der Waals surface area contributed by atoms with Crippen LogP contribution in [0.4, 0.5) is 5.82 Å². The molecule has 2 aromatic heterocycles. The van der Waals surface area contributed by atoms with E-state index in [9.17, 15) is 9.59 Å². The number of likely N-dealkylation sites (tertiary alicyclic amines) is 1. The zero-order valence-electron chi connectivity index (χ0n) is 21.3. The molecule has 2 aliphatic heterocycles. The highest BCUT2D eigenvalue weighted by Gasteiger charge is 2.35. The molecule has 0 bridgehead atoms. The molecule has 0 aliphatic carbocycles. The minimum atomic E-state index is -0.283. The Bertz CT molecular complexity index is 1550. The number of benzene rings is 2. The van der Waals surface area contributed by atoms with Crippen molar-refractivity contribution in [2.45, 2.75) is 6.04 Å².